The summed E-state index contributed by atoms with van der Waals surface area (Å²) in [6, 6.07) is 8.52. The quantitative estimate of drug-likeness (QED) is 0.814. The number of hydrogen-bond acceptors (Lipinski definition) is 5. The Morgan fingerprint density at radius 2 is 1.78 bits per heavy atom. The number of fused-ring (bicyclic) bond motifs is 1. The van der Waals surface area contributed by atoms with Crippen molar-refractivity contribution in [2.75, 3.05) is 25.0 Å². The van der Waals surface area contributed by atoms with Gasteiger partial charge in [0.25, 0.3) is 11.8 Å². The number of aromatic nitrogens is 2. The van der Waals surface area contributed by atoms with E-state index in [1.54, 1.807) is 40.9 Å². The average Bonchev–Trinajstić information content (AvgIpc) is 3.06. The number of nitrogens with zero attached hydrogens (tertiary/aromatic N) is 4. The van der Waals surface area contributed by atoms with Gasteiger partial charge in [0, 0.05) is 32.9 Å². The predicted octanol–water partition coefficient (Wildman–Crippen LogP) is 0.513. The zero-order chi connectivity index (χ0) is 16.6. The van der Waals surface area contributed by atoms with Crippen LogP contribution in [-0.2, 0) is 7.05 Å². The summed E-state index contributed by atoms with van der Waals surface area (Å²) in [5.74, 6) is 0.00388. The molecule has 2 heterocycles. The molecule has 7 heteroatoms. The fourth-order valence-electron chi connectivity index (χ4n) is 2.69. The van der Waals surface area contributed by atoms with Gasteiger partial charge in [-0.1, -0.05) is 12.1 Å². The van der Waals surface area contributed by atoms with Gasteiger partial charge in [-0.05, 0) is 12.1 Å². The Bertz CT molecular complexity index is 720. The average molecular weight is 314 g/mol. The molecule has 1 atom stereocenters. The molecule has 0 saturated carbocycles. The monoisotopic (exact) mass is 314 g/mol. The molecule has 1 aliphatic heterocycles. The number of aliphatic hydroxyl groups is 1. The lowest BCUT2D eigenvalue weighted by atomic mass is 10.1. The highest BCUT2D eigenvalue weighted by Gasteiger charge is 2.36. The highest BCUT2D eigenvalue weighted by molar-refractivity contribution is 6.21. The normalized spacial score (nSPS) is 15.0. The second kappa shape index (κ2) is 5.85. The molecule has 3 rings (SSSR count). The van der Waals surface area contributed by atoms with Gasteiger partial charge in [-0.2, -0.15) is 5.10 Å². The fourth-order valence-corrected chi connectivity index (χ4v) is 2.69. The lowest BCUT2D eigenvalue weighted by molar-refractivity contribution is 0.0552. The Morgan fingerprint density at radius 3 is 2.30 bits per heavy atom. The van der Waals surface area contributed by atoms with Crippen LogP contribution in [-0.4, -0.2) is 57.8 Å². The van der Waals surface area contributed by atoms with Gasteiger partial charge in [0.15, 0.2) is 0 Å². The SMILES string of the molecule is CN(CC(O)CN1C(=O)c2ccccc2C1=O)c1ccn(C)n1. The summed E-state index contributed by atoms with van der Waals surface area (Å²) < 4.78 is 1.67. The summed E-state index contributed by atoms with van der Waals surface area (Å²) in [6.07, 6.45) is 0.951. The number of likely N-dealkylation sites (N-methyl/N-ethyl adjacent to an activating group) is 1. The Kier molecular flexibility index (Phi) is 3.87. The van der Waals surface area contributed by atoms with Gasteiger partial charge in [0.1, 0.15) is 5.82 Å². The van der Waals surface area contributed by atoms with E-state index in [9.17, 15) is 14.7 Å². The van der Waals surface area contributed by atoms with Crippen LogP contribution in [0.5, 0.6) is 0 Å². The lowest BCUT2D eigenvalue weighted by Crippen LogP contribution is -2.41. The molecule has 1 aromatic heterocycles. The predicted molar refractivity (Wildman–Crippen MR) is 84.3 cm³/mol. The first-order valence-electron chi connectivity index (χ1n) is 7.31. The van der Waals surface area contributed by atoms with E-state index in [2.05, 4.69) is 5.10 Å². The summed E-state index contributed by atoms with van der Waals surface area (Å²) in [5, 5.41) is 14.5. The van der Waals surface area contributed by atoms with Crippen LogP contribution in [0.2, 0.25) is 0 Å². The van der Waals surface area contributed by atoms with Crippen LogP contribution in [0.25, 0.3) is 0 Å². The van der Waals surface area contributed by atoms with Gasteiger partial charge in [0.2, 0.25) is 0 Å². The third-order valence-corrected chi connectivity index (χ3v) is 3.85. The van der Waals surface area contributed by atoms with E-state index in [-0.39, 0.29) is 24.9 Å². The molecule has 23 heavy (non-hydrogen) atoms. The zero-order valence-corrected chi connectivity index (χ0v) is 13.0. The maximum absolute atomic E-state index is 12.3. The first kappa shape index (κ1) is 15.2. The number of amides is 2. The minimum absolute atomic E-state index is 0.0382. The van der Waals surface area contributed by atoms with Crippen molar-refractivity contribution >= 4 is 17.6 Å². The second-order valence-electron chi connectivity index (χ2n) is 5.65. The Labute approximate surface area is 133 Å². The molecule has 2 amide bonds. The smallest absolute Gasteiger partial charge is 0.261 e. The van der Waals surface area contributed by atoms with Crippen molar-refractivity contribution in [3.05, 3.63) is 47.7 Å². The molecule has 0 bridgehead atoms. The van der Waals surface area contributed by atoms with Gasteiger partial charge in [-0.3, -0.25) is 19.2 Å². The first-order valence-corrected chi connectivity index (χ1v) is 7.31. The van der Waals surface area contributed by atoms with Crippen molar-refractivity contribution in [3.8, 4) is 0 Å². The molecule has 1 unspecified atom stereocenters. The number of hydrogen-bond donors (Lipinski definition) is 1. The number of carbonyl (C=O) groups excluding carboxylic acids is 2. The number of rotatable bonds is 5. The van der Waals surface area contributed by atoms with Crippen LogP contribution in [0.3, 0.4) is 0 Å². The summed E-state index contributed by atoms with van der Waals surface area (Å²) in [7, 11) is 3.61. The van der Waals surface area contributed by atoms with E-state index >= 15 is 0 Å². The molecule has 0 fully saturated rings. The fraction of sp³-hybridized carbons (Fsp3) is 0.312. The molecular weight excluding hydrogens is 296 g/mol. The van der Waals surface area contributed by atoms with E-state index in [4.69, 9.17) is 0 Å². The molecular formula is C16H18N4O3. The molecule has 1 N–H and O–H groups in total. The minimum atomic E-state index is -0.857. The number of anilines is 1. The number of carbonyl (C=O) groups is 2. The van der Waals surface area contributed by atoms with E-state index in [0.29, 0.717) is 16.9 Å². The second-order valence-corrected chi connectivity index (χ2v) is 5.65. The molecule has 0 radical (unpaired) electrons. The van der Waals surface area contributed by atoms with Gasteiger partial charge in [-0.15, -0.1) is 0 Å². The molecule has 1 aliphatic rings. The molecule has 1 aromatic carbocycles. The van der Waals surface area contributed by atoms with Crippen molar-refractivity contribution in [2.24, 2.45) is 7.05 Å². The van der Waals surface area contributed by atoms with Crippen LogP contribution in [0.1, 0.15) is 20.7 Å². The van der Waals surface area contributed by atoms with Crippen LogP contribution < -0.4 is 4.90 Å². The van der Waals surface area contributed by atoms with Gasteiger partial charge in [0.05, 0.1) is 23.8 Å². The molecule has 7 nitrogen and oxygen atoms in total. The Balaban J connectivity index is 1.66. The number of aliphatic hydroxyl groups excluding tert-OH is 1. The Morgan fingerprint density at radius 1 is 1.17 bits per heavy atom. The van der Waals surface area contributed by atoms with Gasteiger partial charge < -0.3 is 10.0 Å². The van der Waals surface area contributed by atoms with Crippen molar-refractivity contribution in [1.29, 1.82) is 0 Å². The van der Waals surface area contributed by atoms with Crippen LogP contribution in [0, 0.1) is 0 Å². The summed E-state index contributed by atoms with van der Waals surface area (Å²) in [5.41, 5.74) is 0.783. The largest absolute Gasteiger partial charge is 0.389 e. The highest BCUT2D eigenvalue weighted by atomic mass is 16.3. The van der Waals surface area contributed by atoms with Gasteiger partial charge in [-0.25, -0.2) is 0 Å². The van der Waals surface area contributed by atoms with Crippen LogP contribution in [0.4, 0.5) is 5.82 Å². The standard InChI is InChI=1S/C16H18N4O3/c1-18(14-7-8-19(2)17-14)9-11(21)10-20-15(22)12-5-3-4-6-13(12)16(20)23/h3-8,11,21H,9-10H2,1-2H3. The summed E-state index contributed by atoms with van der Waals surface area (Å²) >= 11 is 0. The lowest BCUT2D eigenvalue weighted by Gasteiger charge is -2.23. The highest BCUT2D eigenvalue weighted by Crippen LogP contribution is 2.22. The number of imide groups is 1. The van der Waals surface area contributed by atoms with Crippen molar-refractivity contribution < 1.29 is 14.7 Å². The third kappa shape index (κ3) is 2.83. The molecule has 2 aromatic rings. The molecule has 0 saturated heterocycles. The van der Waals surface area contributed by atoms with E-state index < -0.39 is 6.10 Å². The summed E-state index contributed by atoms with van der Waals surface area (Å²) in [6.45, 7) is 0.230. The number of aryl methyl sites for hydroxylation is 1. The van der Waals surface area contributed by atoms with E-state index in [1.807, 2.05) is 19.3 Å². The van der Waals surface area contributed by atoms with Crippen LogP contribution in [0.15, 0.2) is 36.5 Å². The maximum Gasteiger partial charge on any atom is 0.261 e. The van der Waals surface area contributed by atoms with Crippen LogP contribution >= 0.6 is 0 Å². The molecule has 0 spiro atoms. The molecule has 120 valence electrons. The summed E-state index contributed by atoms with van der Waals surface area (Å²) in [4.78, 5) is 27.4. The maximum atomic E-state index is 12.3. The topological polar surface area (TPSA) is 78.7 Å². The van der Waals surface area contributed by atoms with Crippen molar-refractivity contribution in [2.45, 2.75) is 6.10 Å². The first-order chi connectivity index (χ1) is 11.0. The number of β-amino-alcohol motifs (C(OH)–C–C–N with tert-alkyl or cyclic N) is 1. The Hall–Kier alpha value is -2.67. The third-order valence-electron chi connectivity index (χ3n) is 3.85. The van der Waals surface area contributed by atoms with E-state index in [0.717, 1.165) is 4.90 Å². The number of benzene rings is 1. The van der Waals surface area contributed by atoms with Crippen molar-refractivity contribution in [3.63, 3.8) is 0 Å². The minimum Gasteiger partial charge on any atom is -0.389 e. The van der Waals surface area contributed by atoms with Gasteiger partial charge >= 0.3 is 0 Å². The van der Waals surface area contributed by atoms with E-state index in [1.165, 1.54) is 0 Å². The van der Waals surface area contributed by atoms with Crippen molar-refractivity contribution in [1.82, 2.24) is 14.7 Å². The zero-order valence-electron chi connectivity index (χ0n) is 13.0. The molecule has 0 aliphatic carbocycles.